The number of amides is 1. The average molecular weight is 227 g/mol. The van der Waals surface area contributed by atoms with Gasteiger partial charge in [-0.15, -0.1) is 0 Å². The zero-order chi connectivity index (χ0) is 12.1. The number of nitrogens with zero attached hydrogens (tertiary/aromatic N) is 1. The normalized spacial score (nSPS) is 21.1. The second-order valence-corrected chi connectivity index (χ2v) is 5.09. The lowest BCUT2D eigenvalue weighted by Crippen LogP contribution is -2.48. The fraction of sp³-hybridized carbons (Fsp3) is 0.917. The Labute approximate surface area is 98.6 Å². The summed E-state index contributed by atoms with van der Waals surface area (Å²) < 4.78 is 0. The van der Waals surface area contributed by atoms with E-state index in [2.05, 4.69) is 24.1 Å². The van der Waals surface area contributed by atoms with Gasteiger partial charge in [-0.1, -0.05) is 13.8 Å². The van der Waals surface area contributed by atoms with Crippen molar-refractivity contribution in [1.82, 2.24) is 10.2 Å². The summed E-state index contributed by atoms with van der Waals surface area (Å²) in [6, 6.07) is 0.0385. The third-order valence-corrected chi connectivity index (χ3v) is 3.28. The number of nitrogens with two attached hydrogens (primary N) is 1. The van der Waals surface area contributed by atoms with Crippen LogP contribution in [0.15, 0.2) is 0 Å². The standard InChI is InChI=1S/C12H25N3O/c1-9(2)11(15-6-4-5-7-15)8-14-12(16)10(3)13/h9-11H,4-8,13H2,1-3H3,(H,14,16)/t10-,11?/m0/s1. The molecule has 2 atom stereocenters. The summed E-state index contributed by atoms with van der Waals surface area (Å²) in [4.78, 5) is 13.9. The van der Waals surface area contributed by atoms with E-state index in [1.54, 1.807) is 6.92 Å². The average Bonchev–Trinajstić information content (AvgIpc) is 2.70. The van der Waals surface area contributed by atoms with Gasteiger partial charge in [0.15, 0.2) is 0 Å². The molecule has 1 unspecified atom stereocenters. The number of hydrogen-bond acceptors (Lipinski definition) is 3. The molecule has 0 aliphatic carbocycles. The van der Waals surface area contributed by atoms with Crippen molar-refractivity contribution in [2.45, 2.75) is 45.7 Å². The third-order valence-electron chi connectivity index (χ3n) is 3.28. The monoisotopic (exact) mass is 227 g/mol. The first-order chi connectivity index (χ1) is 7.52. The first-order valence-electron chi connectivity index (χ1n) is 6.29. The van der Waals surface area contributed by atoms with E-state index in [1.165, 1.54) is 12.8 Å². The quantitative estimate of drug-likeness (QED) is 0.722. The fourth-order valence-corrected chi connectivity index (χ4v) is 2.23. The van der Waals surface area contributed by atoms with E-state index in [9.17, 15) is 4.79 Å². The molecule has 1 saturated heterocycles. The van der Waals surface area contributed by atoms with Crippen LogP contribution in [0.4, 0.5) is 0 Å². The van der Waals surface area contributed by atoms with Crippen molar-refractivity contribution in [2.24, 2.45) is 11.7 Å². The molecule has 0 bridgehead atoms. The molecule has 1 heterocycles. The lowest BCUT2D eigenvalue weighted by molar-refractivity contribution is -0.122. The van der Waals surface area contributed by atoms with Crippen LogP contribution in [0.25, 0.3) is 0 Å². The smallest absolute Gasteiger partial charge is 0.236 e. The van der Waals surface area contributed by atoms with Crippen LogP contribution in [0, 0.1) is 5.92 Å². The van der Waals surface area contributed by atoms with Crippen LogP contribution in [0.2, 0.25) is 0 Å². The van der Waals surface area contributed by atoms with Crippen LogP contribution in [-0.4, -0.2) is 42.5 Å². The maximum Gasteiger partial charge on any atom is 0.236 e. The number of carbonyl (C=O) groups excluding carboxylic acids is 1. The Morgan fingerprint density at radius 1 is 1.31 bits per heavy atom. The number of nitrogens with one attached hydrogen (secondary N) is 1. The third kappa shape index (κ3) is 3.76. The molecule has 1 amide bonds. The summed E-state index contributed by atoms with van der Waals surface area (Å²) in [6.45, 7) is 9.18. The molecular weight excluding hydrogens is 202 g/mol. The highest BCUT2D eigenvalue weighted by molar-refractivity contribution is 5.80. The van der Waals surface area contributed by atoms with Gasteiger partial charge in [0.05, 0.1) is 6.04 Å². The van der Waals surface area contributed by atoms with Crippen LogP contribution >= 0.6 is 0 Å². The van der Waals surface area contributed by atoms with E-state index in [-0.39, 0.29) is 5.91 Å². The molecule has 0 aromatic heterocycles. The van der Waals surface area contributed by atoms with Gasteiger partial charge in [-0.3, -0.25) is 9.69 Å². The number of carbonyl (C=O) groups is 1. The summed E-state index contributed by atoms with van der Waals surface area (Å²) in [5.41, 5.74) is 5.53. The molecule has 1 rings (SSSR count). The van der Waals surface area contributed by atoms with Crippen molar-refractivity contribution in [3.8, 4) is 0 Å². The van der Waals surface area contributed by atoms with Crippen LogP contribution in [0.3, 0.4) is 0 Å². The highest BCUT2D eigenvalue weighted by Crippen LogP contribution is 2.16. The molecule has 16 heavy (non-hydrogen) atoms. The lowest BCUT2D eigenvalue weighted by Gasteiger charge is -2.31. The minimum absolute atomic E-state index is 0.0511. The molecular formula is C12H25N3O. The van der Waals surface area contributed by atoms with Crippen molar-refractivity contribution in [1.29, 1.82) is 0 Å². The molecule has 0 radical (unpaired) electrons. The molecule has 1 fully saturated rings. The van der Waals surface area contributed by atoms with Gasteiger partial charge in [0.25, 0.3) is 0 Å². The largest absolute Gasteiger partial charge is 0.353 e. The summed E-state index contributed by atoms with van der Waals surface area (Å²) in [6.07, 6.45) is 2.56. The summed E-state index contributed by atoms with van der Waals surface area (Å²) in [7, 11) is 0. The van der Waals surface area contributed by atoms with Crippen molar-refractivity contribution in [3.63, 3.8) is 0 Å². The second kappa shape index (κ2) is 6.21. The Hall–Kier alpha value is -0.610. The molecule has 0 aromatic rings. The van der Waals surface area contributed by atoms with Crippen molar-refractivity contribution in [2.75, 3.05) is 19.6 Å². The first kappa shape index (κ1) is 13.5. The van der Waals surface area contributed by atoms with Crippen LogP contribution < -0.4 is 11.1 Å². The van der Waals surface area contributed by atoms with Gasteiger partial charge in [0.1, 0.15) is 0 Å². The van der Waals surface area contributed by atoms with Crippen LogP contribution in [0.5, 0.6) is 0 Å². The topological polar surface area (TPSA) is 58.4 Å². The number of hydrogen-bond donors (Lipinski definition) is 2. The Kier molecular flexibility index (Phi) is 5.22. The molecule has 0 aromatic carbocycles. The highest BCUT2D eigenvalue weighted by atomic mass is 16.2. The second-order valence-electron chi connectivity index (χ2n) is 5.09. The number of rotatable bonds is 5. The lowest BCUT2D eigenvalue weighted by atomic mass is 10.0. The maximum atomic E-state index is 11.4. The summed E-state index contributed by atoms with van der Waals surface area (Å²) in [5.74, 6) is 0.510. The molecule has 0 saturated carbocycles. The zero-order valence-electron chi connectivity index (χ0n) is 10.7. The van der Waals surface area contributed by atoms with E-state index >= 15 is 0 Å². The Morgan fingerprint density at radius 2 is 1.88 bits per heavy atom. The van der Waals surface area contributed by atoms with Crippen molar-refractivity contribution >= 4 is 5.91 Å². The summed E-state index contributed by atoms with van der Waals surface area (Å²) in [5, 5.41) is 2.93. The van der Waals surface area contributed by atoms with Crippen molar-refractivity contribution < 1.29 is 4.79 Å². The van der Waals surface area contributed by atoms with Crippen LogP contribution in [-0.2, 0) is 4.79 Å². The minimum Gasteiger partial charge on any atom is -0.353 e. The molecule has 3 N–H and O–H groups in total. The predicted octanol–water partition coefficient (Wildman–Crippen LogP) is 0.570. The zero-order valence-corrected chi connectivity index (χ0v) is 10.7. The van der Waals surface area contributed by atoms with E-state index in [0.717, 1.165) is 19.6 Å². The molecule has 0 spiro atoms. The van der Waals surface area contributed by atoms with Crippen LogP contribution in [0.1, 0.15) is 33.6 Å². The van der Waals surface area contributed by atoms with E-state index in [0.29, 0.717) is 12.0 Å². The number of likely N-dealkylation sites (tertiary alicyclic amines) is 1. The Morgan fingerprint density at radius 3 is 2.31 bits per heavy atom. The maximum absolute atomic E-state index is 11.4. The Bertz CT molecular complexity index is 222. The van der Waals surface area contributed by atoms with E-state index in [4.69, 9.17) is 5.73 Å². The van der Waals surface area contributed by atoms with Gasteiger partial charge < -0.3 is 11.1 Å². The highest BCUT2D eigenvalue weighted by Gasteiger charge is 2.25. The van der Waals surface area contributed by atoms with Gasteiger partial charge in [0.2, 0.25) is 5.91 Å². The fourth-order valence-electron chi connectivity index (χ4n) is 2.23. The van der Waals surface area contributed by atoms with Gasteiger partial charge in [-0.2, -0.15) is 0 Å². The van der Waals surface area contributed by atoms with Gasteiger partial charge in [-0.25, -0.2) is 0 Å². The van der Waals surface area contributed by atoms with Gasteiger partial charge >= 0.3 is 0 Å². The SMILES string of the molecule is CC(C)C(CNC(=O)[C@H](C)N)N1CCCC1. The van der Waals surface area contributed by atoms with Gasteiger partial charge in [-0.05, 0) is 38.8 Å². The first-order valence-corrected chi connectivity index (χ1v) is 6.29. The molecule has 4 nitrogen and oxygen atoms in total. The molecule has 1 aliphatic rings. The molecule has 1 aliphatic heterocycles. The van der Waals surface area contributed by atoms with Crippen molar-refractivity contribution in [3.05, 3.63) is 0 Å². The molecule has 94 valence electrons. The van der Waals surface area contributed by atoms with Gasteiger partial charge in [0, 0.05) is 12.6 Å². The Balaban J connectivity index is 2.42. The molecule has 4 heteroatoms. The van der Waals surface area contributed by atoms with E-state index < -0.39 is 6.04 Å². The summed E-state index contributed by atoms with van der Waals surface area (Å²) >= 11 is 0. The minimum atomic E-state index is -0.411. The van der Waals surface area contributed by atoms with E-state index in [1.807, 2.05) is 0 Å². The predicted molar refractivity (Wildman–Crippen MR) is 66.1 cm³/mol.